The molecule has 5 aromatic carbocycles. The van der Waals surface area contributed by atoms with Crippen LogP contribution in [0.3, 0.4) is 0 Å². The number of aliphatic hydroxyl groups is 8. The molecule has 3 fully saturated rings. The Labute approximate surface area is 631 Å². The van der Waals surface area contributed by atoms with Crippen LogP contribution in [0.5, 0.6) is 46.0 Å². The van der Waals surface area contributed by atoms with Crippen molar-refractivity contribution in [3.8, 4) is 57.1 Å². The Morgan fingerprint density at radius 1 is 0.673 bits per heavy atom. The smallest absolute Gasteiger partial charge is 0.330 e. The minimum atomic E-state index is -2.38. The first kappa shape index (κ1) is 81.3. The van der Waals surface area contributed by atoms with Crippen LogP contribution in [0.4, 0.5) is 0 Å². The number of carbonyl (C=O) groups is 8. The van der Waals surface area contributed by atoms with E-state index in [1.54, 1.807) is 0 Å². The van der Waals surface area contributed by atoms with Gasteiger partial charge in [-0.2, -0.15) is 0 Å². The average Bonchev–Trinajstić information content (AvgIpc) is 0.763. The van der Waals surface area contributed by atoms with Crippen LogP contribution in [0.15, 0.2) is 84.9 Å². The molecular formula is C72H86ClN9O28. The number of carbonyl (C=O) groups excluding carboxylic acids is 7. The quantitative estimate of drug-likeness (QED) is 0.0556. The first-order valence-electron chi connectivity index (χ1n) is 34.9. The van der Waals surface area contributed by atoms with Crippen LogP contribution in [0.1, 0.15) is 112 Å². The van der Waals surface area contributed by atoms with E-state index in [9.17, 15) is 80.5 Å². The number of amides is 7. The maximum atomic E-state index is 16.3. The maximum absolute atomic E-state index is 16.3. The van der Waals surface area contributed by atoms with Crippen molar-refractivity contribution in [2.45, 2.75) is 194 Å². The third-order valence-corrected chi connectivity index (χ3v) is 20.1. The van der Waals surface area contributed by atoms with Gasteiger partial charge in [-0.25, -0.2) is 4.79 Å². The van der Waals surface area contributed by atoms with Gasteiger partial charge in [0.25, 0.3) is 0 Å². The molecular weight excluding hydrogens is 1470 g/mol. The molecule has 594 valence electrons. The SMILES string of the molecule is CN[C@@H](CC(C)C)C(=O)N[C@H]1C(=O)N[C@H](CC(N)=O)C(=O)N[C@H]2C(=O)N[C@H]3C(=O)N[C@H](C(=O)N[C@H](C(=O)O)c4cc(O)cc(O)c4-c4cc3ccc4O)[C@@H](O[C@H]3C[C@@](C)(N)[C@@H](O)[C@@H](C)O3)c3ccc(cc3)Oc3cc2cc(c3O[C@@H]2O[C@@H](CO)[C@@H](O)[C@@H](O)[C@H]2O[C@@H]2O[C@@H](C)[C@@H](O)[C@H](O)[C@@H]2O)Oc2ccc(cc2Cl)[C@@H]1O. The molecule has 38 heteroatoms. The first-order chi connectivity index (χ1) is 51.9. The van der Waals surface area contributed by atoms with Crippen LogP contribution in [0.2, 0.25) is 5.02 Å². The van der Waals surface area contributed by atoms with E-state index in [1.165, 1.54) is 64.2 Å². The Balaban J connectivity index is 1.18. The molecule has 8 heterocycles. The molecule has 23 N–H and O–H groups in total. The number of aliphatic hydroxyl groups excluding tert-OH is 8. The monoisotopic (exact) mass is 1560 g/mol. The zero-order chi connectivity index (χ0) is 80.0. The van der Waals surface area contributed by atoms with Gasteiger partial charge in [0, 0.05) is 34.7 Å². The van der Waals surface area contributed by atoms with E-state index >= 15 is 19.2 Å². The third-order valence-electron chi connectivity index (χ3n) is 19.8. The molecule has 37 nitrogen and oxygen atoms in total. The molecule has 3 saturated heterocycles. The molecule has 0 spiro atoms. The van der Waals surface area contributed by atoms with Crippen LogP contribution < -0.4 is 62.9 Å². The second-order valence-electron chi connectivity index (χ2n) is 28.4. The van der Waals surface area contributed by atoms with Crippen molar-refractivity contribution in [3.63, 3.8) is 0 Å². The number of phenols is 3. The number of phenolic OH excluding ortho intramolecular Hbond substituents is 3. The second kappa shape index (κ2) is 33.1. The fraction of sp³-hybridized carbons (Fsp3) is 0.472. The number of carboxylic acid groups (broad SMARTS) is 1. The molecule has 0 saturated carbocycles. The highest BCUT2D eigenvalue weighted by Gasteiger charge is 2.53. The summed E-state index contributed by atoms with van der Waals surface area (Å²) in [5.41, 5.74) is 8.22. The molecule has 0 aliphatic carbocycles. The summed E-state index contributed by atoms with van der Waals surface area (Å²) in [5, 5.41) is 153. The number of primary amides is 1. The Morgan fingerprint density at radius 3 is 1.97 bits per heavy atom. The van der Waals surface area contributed by atoms with Gasteiger partial charge in [0.2, 0.25) is 53.4 Å². The Hall–Kier alpha value is -9.65. The Kier molecular flexibility index (Phi) is 24.5. The fourth-order valence-electron chi connectivity index (χ4n) is 13.9. The number of fused-ring (bicyclic) bond motifs is 15. The van der Waals surface area contributed by atoms with Gasteiger partial charge in [-0.3, -0.25) is 33.6 Å². The topological polar surface area (TPSA) is 589 Å². The number of ether oxygens (including phenoxy) is 8. The van der Waals surface area contributed by atoms with E-state index < -0.39 is 262 Å². The normalized spacial score (nSPS) is 32.2. The summed E-state index contributed by atoms with van der Waals surface area (Å²) in [4.78, 5) is 119. The lowest BCUT2D eigenvalue weighted by molar-refractivity contribution is -0.354. The van der Waals surface area contributed by atoms with Crippen molar-refractivity contribution < 1.29 is 138 Å². The summed E-state index contributed by atoms with van der Waals surface area (Å²) >= 11 is 7.10. The molecule has 110 heavy (non-hydrogen) atoms. The van der Waals surface area contributed by atoms with Gasteiger partial charge in [0.1, 0.15) is 108 Å². The summed E-state index contributed by atoms with van der Waals surface area (Å²) in [7, 11) is 1.46. The number of aromatic hydroxyl groups is 3. The largest absolute Gasteiger partial charge is 0.508 e. The number of nitrogens with one attached hydrogen (secondary N) is 7. The summed E-state index contributed by atoms with van der Waals surface area (Å²) in [6, 6.07) is 0.905. The van der Waals surface area contributed by atoms with E-state index in [4.69, 9.17) is 61.0 Å². The summed E-state index contributed by atoms with van der Waals surface area (Å²) in [6.07, 6.45) is -28.3. The van der Waals surface area contributed by atoms with Crippen LogP contribution in [-0.4, -0.2) is 232 Å². The summed E-state index contributed by atoms with van der Waals surface area (Å²) < 4.78 is 50.8. The lowest BCUT2D eigenvalue weighted by Crippen LogP contribution is -2.64. The predicted molar refractivity (Wildman–Crippen MR) is 376 cm³/mol. The van der Waals surface area contributed by atoms with Gasteiger partial charge >= 0.3 is 5.97 Å². The van der Waals surface area contributed by atoms with Crippen molar-refractivity contribution in [1.29, 1.82) is 0 Å². The van der Waals surface area contributed by atoms with Crippen molar-refractivity contribution in [2.24, 2.45) is 17.4 Å². The number of hydrogen-bond acceptors (Lipinski definition) is 29. The molecule has 8 aliphatic rings. The van der Waals surface area contributed by atoms with E-state index in [0.29, 0.717) is 0 Å². The van der Waals surface area contributed by atoms with Gasteiger partial charge < -0.3 is 148 Å². The average molecular weight is 1560 g/mol. The number of likely N-dealkylation sites (N-methyl/N-ethyl adjacent to an activating group) is 1. The lowest BCUT2D eigenvalue weighted by atomic mass is 9.86. The Bertz CT molecular complexity index is 4330. The number of nitrogens with two attached hydrogens (primary N) is 2. The molecule has 5 aromatic rings. The lowest BCUT2D eigenvalue weighted by Gasteiger charge is -2.45. The second-order valence-corrected chi connectivity index (χ2v) is 28.8. The first-order valence-corrected chi connectivity index (χ1v) is 35.3. The third kappa shape index (κ3) is 17.1. The molecule has 0 aromatic heterocycles. The van der Waals surface area contributed by atoms with Crippen LogP contribution in [-0.2, 0) is 62.0 Å². The highest BCUT2D eigenvalue weighted by Crippen LogP contribution is 2.49. The zero-order valence-corrected chi connectivity index (χ0v) is 60.4. The molecule has 13 rings (SSSR count). The molecule has 8 aliphatic heterocycles. The highest BCUT2D eigenvalue weighted by atomic mass is 35.5. The van der Waals surface area contributed by atoms with Crippen LogP contribution in [0.25, 0.3) is 11.1 Å². The van der Waals surface area contributed by atoms with Gasteiger partial charge in [-0.15, -0.1) is 0 Å². The minimum Gasteiger partial charge on any atom is -0.508 e. The number of aliphatic carboxylic acids is 1. The molecule has 23 atom stereocenters. The zero-order valence-electron chi connectivity index (χ0n) is 59.6. The van der Waals surface area contributed by atoms with E-state index in [-0.39, 0.29) is 46.9 Å². The van der Waals surface area contributed by atoms with Crippen molar-refractivity contribution in [2.75, 3.05) is 13.7 Å². The highest BCUT2D eigenvalue weighted by molar-refractivity contribution is 6.32. The number of carboxylic acids is 1. The van der Waals surface area contributed by atoms with E-state index in [1.807, 2.05) is 13.8 Å². The number of halogens is 1. The summed E-state index contributed by atoms with van der Waals surface area (Å²) in [5.74, 6) is -16.0. The van der Waals surface area contributed by atoms with Crippen molar-refractivity contribution >= 4 is 58.9 Å². The number of benzene rings is 5. The van der Waals surface area contributed by atoms with Crippen molar-refractivity contribution in [1.82, 2.24) is 37.2 Å². The van der Waals surface area contributed by atoms with E-state index in [2.05, 4.69) is 37.2 Å². The Morgan fingerprint density at radius 2 is 1.33 bits per heavy atom. The van der Waals surface area contributed by atoms with Gasteiger partial charge in [-0.1, -0.05) is 49.7 Å². The standard InChI is InChI=1S/C72H86ClN9O28/c1-25(2)15-37(76-6)63(95)81-51-54(89)30-10-14-41(36(73)17-30)106-43-19-31-18-42(60(43)109-71-61(57(92)55(90)44(24-83)107-71)110-70-58(93)56(91)53(88)26(3)104-70)105-33-11-7-28(8-12-33)59(108-46-23-72(5,75)62(94)27(4)103-46)52-68(100)80-50(69(101)102)35-20-32(84)21-40(86)47(35)34-16-29(9-13-39(34)85)48(65(97)82-52)79-66(98)49(31)78-64(96)38(22-45(74)87)77-67(51)99/h7-14,16-21,25-27,37-38,44,46,48-59,61-62,70-71,76,83-86,88-94H,15,22-24,75H2,1-6H3,(H2,74,87)(H,77,99)(H,78,96)(H,79,98)(H,80,100)(H,81,95)(H,82,97)(H,101,102)/t26-,27+,37-,38+,44-,46-,48+,49+,50-,51+,52-,53+,54-,55+,56-,57+,58-,59-,61+,62-,70-,71-,72+/m0/s1. The summed E-state index contributed by atoms with van der Waals surface area (Å²) in [6.45, 7) is 6.83. The van der Waals surface area contributed by atoms with Gasteiger partial charge in [0.05, 0.1) is 42.4 Å². The molecule has 11 bridgehead atoms. The molecule has 7 amide bonds. The fourth-order valence-corrected chi connectivity index (χ4v) is 14.1. The number of hydrogen-bond donors (Lipinski definition) is 21. The maximum Gasteiger partial charge on any atom is 0.330 e. The number of rotatable bonds is 15. The predicted octanol–water partition coefficient (Wildman–Crippen LogP) is -1.70. The van der Waals surface area contributed by atoms with Gasteiger partial charge in [-0.05, 0) is 117 Å². The van der Waals surface area contributed by atoms with Crippen LogP contribution >= 0.6 is 11.6 Å². The minimum absolute atomic E-state index is 0.0709. The molecule has 0 unspecified atom stereocenters. The van der Waals surface area contributed by atoms with E-state index in [0.717, 1.165) is 48.5 Å². The van der Waals surface area contributed by atoms with Crippen LogP contribution in [0, 0.1) is 5.92 Å². The van der Waals surface area contributed by atoms with Crippen molar-refractivity contribution in [3.05, 3.63) is 118 Å². The van der Waals surface area contributed by atoms with Gasteiger partial charge in [0.15, 0.2) is 36.2 Å². The molecule has 0 radical (unpaired) electrons.